The molecule has 0 saturated heterocycles. The van der Waals surface area contributed by atoms with Gasteiger partial charge in [-0.15, -0.1) is 0 Å². The van der Waals surface area contributed by atoms with Gasteiger partial charge in [0, 0.05) is 5.92 Å². The third kappa shape index (κ3) is 1.27. The minimum absolute atomic E-state index is 0.407. The fraction of sp³-hybridized carbons (Fsp3) is 0.714. The van der Waals surface area contributed by atoms with E-state index in [1.165, 1.54) is 18.0 Å². The maximum Gasteiger partial charge on any atom is 0.203 e. The van der Waals surface area contributed by atoms with Gasteiger partial charge in [0.05, 0.1) is 0 Å². The Morgan fingerprint density at radius 1 is 1.64 bits per heavy atom. The first kappa shape index (κ1) is 7.50. The summed E-state index contributed by atoms with van der Waals surface area (Å²) in [5, 5.41) is 0. The molecule has 0 radical (unpaired) electrons. The van der Waals surface area contributed by atoms with Crippen LogP contribution in [0.1, 0.15) is 32.0 Å². The van der Waals surface area contributed by atoms with Crippen molar-refractivity contribution >= 4 is 23.1 Å². The molecule has 11 heavy (non-hydrogen) atoms. The molecule has 1 aromatic rings. The van der Waals surface area contributed by atoms with Crippen molar-refractivity contribution in [2.45, 2.75) is 26.2 Å². The average Bonchev–Trinajstić information content (AvgIpc) is 2.39. The highest BCUT2D eigenvalue weighted by atomic mass is 35.5. The van der Waals surface area contributed by atoms with Gasteiger partial charge < -0.3 is 0 Å². The fourth-order valence-corrected chi connectivity index (χ4v) is 1.93. The normalized spacial score (nSPS) is 27.0. The van der Waals surface area contributed by atoms with E-state index in [1.807, 2.05) is 0 Å². The summed E-state index contributed by atoms with van der Waals surface area (Å²) in [7, 11) is 0. The number of rotatable bonds is 1. The smallest absolute Gasteiger partial charge is 0.203 e. The lowest BCUT2D eigenvalue weighted by molar-refractivity contribution is 0.612. The van der Waals surface area contributed by atoms with Crippen molar-refractivity contribution in [3.63, 3.8) is 0 Å². The van der Waals surface area contributed by atoms with Crippen LogP contribution in [0.4, 0.5) is 0 Å². The molecule has 1 heterocycles. The molecule has 0 aliphatic heterocycles. The highest BCUT2D eigenvalue weighted by Crippen LogP contribution is 2.57. The Morgan fingerprint density at radius 2 is 2.27 bits per heavy atom. The second-order valence-electron chi connectivity index (χ2n) is 3.65. The Hall–Kier alpha value is -0.150. The van der Waals surface area contributed by atoms with Gasteiger partial charge in [0.2, 0.25) is 4.47 Å². The SMILES string of the molecule is CC1(C)CC1c1nsc(Cl)n1. The molecular formula is C7H9ClN2S. The lowest BCUT2D eigenvalue weighted by Gasteiger charge is -1.96. The highest BCUT2D eigenvalue weighted by molar-refractivity contribution is 7.10. The average molecular weight is 189 g/mol. The zero-order valence-corrected chi connectivity index (χ0v) is 8.04. The first-order chi connectivity index (χ1) is 5.09. The summed E-state index contributed by atoms with van der Waals surface area (Å²) in [6.07, 6.45) is 1.19. The second kappa shape index (κ2) is 2.17. The van der Waals surface area contributed by atoms with Crippen LogP contribution < -0.4 is 0 Å². The third-order valence-corrected chi connectivity index (χ3v) is 3.05. The van der Waals surface area contributed by atoms with Gasteiger partial charge >= 0.3 is 0 Å². The number of aromatic nitrogens is 2. The van der Waals surface area contributed by atoms with E-state index >= 15 is 0 Å². The monoisotopic (exact) mass is 188 g/mol. The lowest BCUT2D eigenvalue weighted by atomic mass is 10.1. The van der Waals surface area contributed by atoms with Gasteiger partial charge in [0.25, 0.3) is 0 Å². The molecule has 1 aliphatic carbocycles. The van der Waals surface area contributed by atoms with E-state index in [0.717, 1.165) is 5.82 Å². The number of hydrogen-bond donors (Lipinski definition) is 0. The van der Waals surface area contributed by atoms with E-state index in [-0.39, 0.29) is 0 Å². The van der Waals surface area contributed by atoms with Crippen LogP contribution in [0.5, 0.6) is 0 Å². The molecule has 1 fully saturated rings. The van der Waals surface area contributed by atoms with Crippen LogP contribution in [0.15, 0.2) is 0 Å². The fourth-order valence-electron chi connectivity index (χ4n) is 1.26. The van der Waals surface area contributed by atoms with Crippen LogP contribution in [-0.4, -0.2) is 9.36 Å². The third-order valence-electron chi connectivity index (χ3n) is 2.24. The molecule has 1 saturated carbocycles. The number of halogens is 1. The Bertz CT molecular complexity index is 282. The minimum atomic E-state index is 0.407. The summed E-state index contributed by atoms with van der Waals surface area (Å²) in [6, 6.07) is 0. The van der Waals surface area contributed by atoms with Gasteiger partial charge in [-0.25, -0.2) is 4.98 Å². The summed E-state index contributed by atoms with van der Waals surface area (Å²) in [4.78, 5) is 4.14. The van der Waals surface area contributed by atoms with E-state index in [0.29, 0.717) is 15.8 Å². The Kier molecular flexibility index (Phi) is 1.48. The number of nitrogens with zero attached hydrogens (tertiary/aromatic N) is 2. The molecule has 1 atom stereocenters. The van der Waals surface area contributed by atoms with E-state index < -0.39 is 0 Å². The highest BCUT2D eigenvalue weighted by Gasteiger charge is 2.48. The molecular weight excluding hydrogens is 180 g/mol. The summed E-state index contributed by atoms with van der Waals surface area (Å²) >= 11 is 6.95. The molecule has 2 nitrogen and oxygen atoms in total. The Labute approximate surface area is 74.8 Å². The van der Waals surface area contributed by atoms with Gasteiger partial charge in [-0.2, -0.15) is 4.37 Å². The molecule has 2 rings (SSSR count). The van der Waals surface area contributed by atoms with Crippen LogP contribution in [0, 0.1) is 5.41 Å². The predicted octanol–water partition coefficient (Wildman–Crippen LogP) is 2.71. The molecule has 0 aromatic carbocycles. The van der Waals surface area contributed by atoms with E-state index in [1.54, 1.807) is 0 Å². The molecule has 0 amide bonds. The molecule has 0 spiro atoms. The maximum absolute atomic E-state index is 5.67. The zero-order chi connectivity index (χ0) is 8.06. The standard InChI is InChI=1S/C7H9ClN2S/c1-7(2)3-4(7)5-9-6(8)11-10-5/h4H,3H2,1-2H3. The van der Waals surface area contributed by atoms with Gasteiger partial charge in [-0.3, -0.25) is 0 Å². The molecule has 0 N–H and O–H groups in total. The molecule has 0 bridgehead atoms. The predicted molar refractivity (Wildman–Crippen MR) is 46.1 cm³/mol. The van der Waals surface area contributed by atoms with Gasteiger partial charge in [0.15, 0.2) is 0 Å². The Balaban J connectivity index is 2.20. The molecule has 4 heteroatoms. The lowest BCUT2D eigenvalue weighted by Crippen LogP contribution is -1.91. The summed E-state index contributed by atoms with van der Waals surface area (Å²) in [6.45, 7) is 4.46. The maximum atomic E-state index is 5.67. The second-order valence-corrected chi connectivity index (χ2v) is 4.98. The van der Waals surface area contributed by atoms with Gasteiger partial charge in [-0.1, -0.05) is 13.8 Å². The largest absolute Gasteiger partial charge is 0.208 e. The molecule has 1 aliphatic rings. The first-order valence-corrected chi connectivity index (χ1v) is 4.74. The summed E-state index contributed by atoms with van der Waals surface area (Å²) in [5.74, 6) is 1.48. The van der Waals surface area contributed by atoms with Crippen molar-refractivity contribution in [2.75, 3.05) is 0 Å². The van der Waals surface area contributed by atoms with Crippen molar-refractivity contribution in [1.29, 1.82) is 0 Å². The van der Waals surface area contributed by atoms with Gasteiger partial charge in [0.1, 0.15) is 5.82 Å². The van der Waals surface area contributed by atoms with Crippen molar-refractivity contribution in [1.82, 2.24) is 9.36 Å². The molecule has 1 aromatic heterocycles. The van der Waals surface area contributed by atoms with E-state index in [4.69, 9.17) is 11.6 Å². The van der Waals surface area contributed by atoms with Crippen molar-refractivity contribution in [3.05, 3.63) is 10.3 Å². The molecule has 1 unspecified atom stereocenters. The van der Waals surface area contributed by atoms with Crippen LogP contribution >= 0.6 is 23.1 Å². The quantitative estimate of drug-likeness (QED) is 0.678. The van der Waals surface area contributed by atoms with Crippen molar-refractivity contribution in [2.24, 2.45) is 5.41 Å². The molecule has 60 valence electrons. The zero-order valence-electron chi connectivity index (χ0n) is 6.47. The summed E-state index contributed by atoms with van der Waals surface area (Å²) in [5.41, 5.74) is 0.407. The van der Waals surface area contributed by atoms with Crippen molar-refractivity contribution < 1.29 is 0 Å². The topological polar surface area (TPSA) is 25.8 Å². The van der Waals surface area contributed by atoms with Gasteiger partial charge in [-0.05, 0) is 35.0 Å². The van der Waals surface area contributed by atoms with Crippen LogP contribution in [0.25, 0.3) is 0 Å². The van der Waals surface area contributed by atoms with E-state index in [9.17, 15) is 0 Å². The number of hydrogen-bond acceptors (Lipinski definition) is 3. The van der Waals surface area contributed by atoms with E-state index in [2.05, 4.69) is 23.2 Å². The van der Waals surface area contributed by atoms with Crippen LogP contribution in [0.2, 0.25) is 4.47 Å². The Morgan fingerprint density at radius 3 is 2.64 bits per heavy atom. The van der Waals surface area contributed by atoms with Crippen LogP contribution in [-0.2, 0) is 0 Å². The first-order valence-electron chi connectivity index (χ1n) is 3.59. The van der Waals surface area contributed by atoms with Crippen LogP contribution in [0.3, 0.4) is 0 Å². The van der Waals surface area contributed by atoms with Crippen molar-refractivity contribution in [3.8, 4) is 0 Å². The summed E-state index contributed by atoms with van der Waals surface area (Å²) < 4.78 is 4.73. The minimum Gasteiger partial charge on any atom is -0.208 e.